The quantitative estimate of drug-likeness (QED) is 0.888. The smallest absolute Gasteiger partial charge is 0.165 e. The number of anilines is 1. The van der Waals surface area contributed by atoms with Gasteiger partial charge >= 0.3 is 0 Å². The molecule has 2 aliphatic rings. The molecule has 0 bridgehead atoms. The molecule has 0 radical (unpaired) electrons. The van der Waals surface area contributed by atoms with Gasteiger partial charge in [0.05, 0.1) is 11.6 Å². The first-order valence-electron chi connectivity index (χ1n) is 8.81. The van der Waals surface area contributed by atoms with Crippen molar-refractivity contribution < 1.29 is 5.11 Å². The van der Waals surface area contributed by atoms with Gasteiger partial charge < -0.3 is 14.6 Å². The van der Waals surface area contributed by atoms with Crippen LogP contribution in [0.2, 0.25) is 5.02 Å². The first-order valence-corrected chi connectivity index (χ1v) is 10.2. The molecule has 2 aromatic rings. The molecule has 1 unspecified atom stereocenters. The Bertz CT molecular complexity index is 774. The van der Waals surface area contributed by atoms with Gasteiger partial charge in [-0.15, -0.1) is 10.2 Å². The average molecular weight is 379 g/mol. The van der Waals surface area contributed by atoms with Crippen molar-refractivity contribution in [2.45, 2.75) is 37.5 Å². The summed E-state index contributed by atoms with van der Waals surface area (Å²) < 4.78 is 1.96. The van der Waals surface area contributed by atoms with Gasteiger partial charge in [0.25, 0.3) is 0 Å². The van der Waals surface area contributed by atoms with E-state index in [1.54, 1.807) is 11.8 Å². The van der Waals surface area contributed by atoms with Crippen molar-refractivity contribution in [3.63, 3.8) is 0 Å². The summed E-state index contributed by atoms with van der Waals surface area (Å²) in [4.78, 5) is 2.38. The molecule has 1 aromatic heterocycles. The zero-order valence-corrected chi connectivity index (χ0v) is 16.0. The standard InChI is InChI=1S/C18H23ClN4OS/c1-18(12-24)11-16-20-21-17(23(16)8-9-25-18)14-5-4-13(10-15(14)19)22-6-2-3-7-22/h4-5,10,24H,2-3,6-9,11-12H2,1H3. The minimum Gasteiger partial charge on any atom is -0.395 e. The van der Waals surface area contributed by atoms with E-state index in [0.717, 1.165) is 47.6 Å². The Balaban J connectivity index is 1.67. The van der Waals surface area contributed by atoms with Crippen LogP contribution in [0.15, 0.2) is 18.2 Å². The van der Waals surface area contributed by atoms with Crippen molar-refractivity contribution in [3.8, 4) is 11.4 Å². The lowest BCUT2D eigenvalue weighted by Crippen LogP contribution is -2.28. The zero-order chi connectivity index (χ0) is 17.4. The van der Waals surface area contributed by atoms with E-state index in [0.29, 0.717) is 6.42 Å². The molecule has 0 aliphatic carbocycles. The van der Waals surface area contributed by atoms with Crippen molar-refractivity contribution in [1.29, 1.82) is 0 Å². The maximum absolute atomic E-state index is 9.70. The molecule has 2 aliphatic heterocycles. The molecule has 0 saturated carbocycles. The number of hydrogen-bond acceptors (Lipinski definition) is 5. The fourth-order valence-corrected chi connectivity index (χ4v) is 4.98. The third-order valence-corrected chi connectivity index (χ3v) is 6.79. The fourth-order valence-electron chi connectivity index (χ4n) is 3.63. The Labute approximate surface area is 157 Å². The molecule has 0 amide bonds. The van der Waals surface area contributed by atoms with Crippen molar-refractivity contribution in [3.05, 3.63) is 29.0 Å². The van der Waals surface area contributed by atoms with Gasteiger partial charge in [0.2, 0.25) is 0 Å². The molecule has 134 valence electrons. The van der Waals surface area contributed by atoms with Crippen LogP contribution in [-0.2, 0) is 13.0 Å². The molecule has 5 nitrogen and oxygen atoms in total. The predicted octanol–water partition coefficient (Wildman–Crippen LogP) is 3.24. The van der Waals surface area contributed by atoms with E-state index in [1.807, 2.05) is 6.07 Å². The molecule has 1 saturated heterocycles. The molecular weight excluding hydrogens is 356 g/mol. The number of aliphatic hydroxyl groups is 1. The van der Waals surface area contributed by atoms with Crippen molar-refractivity contribution in [2.24, 2.45) is 0 Å². The van der Waals surface area contributed by atoms with Crippen LogP contribution in [0.25, 0.3) is 11.4 Å². The van der Waals surface area contributed by atoms with Crippen LogP contribution in [-0.4, -0.2) is 50.1 Å². The topological polar surface area (TPSA) is 54.2 Å². The Morgan fingerprint density at radius 2 is 2.04 bits per heavy atom. The number of fused-ring (bicyclic) bond motifs is 1. The minimum absolute atomic E-state index is 0.144. The number of thioether (sulfide) groups is 1. The third kappa shape index (κ3) is 3.27. The Morgan fingerprint density at radius 1 is 1.24 bits per heavy atom. The van der Waals surface area contributed by atoms with Crippen molar-refractivity contribution in [2.75, 3.05) is 30.3 Å². The van der Waals surface area contributed by atoms with Crippen LogP contribution in [0, 0.1) is 0 Å². The van der Waals surface area contributed by atoms with E-state index in [2.05, 4.69) is 38.7 Å². The normalized spacial score (nSPS) is 23.6. The summed E-state index contributed by atoms with van der Waals surface area (Å²) in [5.74, 6) is 2.69. The second-order valence-electron chi connectivity index (χ2n) is 7.08. The molecule has 0 spiro atoms. The van der Waals surface area contributed by atoms with E-state index >= 15 is 0 Å². The van der Waals surface area contributed by atoms with Crippen LogP contribution in [0.5, 0.6) is 0 Å². The number of rotatable bonds is 3. The number of aromatic nitrogens is 3. The first kappa shape index (κ1) is 17.2. The predicted molar refractivity (Wildman–Crippen MR) is 104 cm³/mol. The summed E-state index contributed by atoms with van der Waals surface area (Å²) in [6.07, 6.45) is 3.21. The van der Waals surface area contributed by atoms with Crippen LogP contribution < -0.4 is 4.90 Å². The summed E-state index contributed by atoms with van der Waals surface area (Å²) in [6.45, 7) is 5.27. The van der Waals surface area contributed by atoms with Gasteiger partial charge in [-0.05, 0) is 38.0 Å². The third-order valence-electron chi connectivity index (χ3n) is 5.12. The SMILES string of the molecule is CC1(CO)Cc2nnc(-c3ccc(N4CCCC4)cc3Cl)n2CCS1. The Morgan fingerprint density at radius 3 is 2.76 bits per heavy atom. The number of halogens is 1. The van der Waals surface area contributed by atoms with Gasteiger partial charge in [0.15, 0.2) is 5.82 Å². The molecule has 25 heavy (non-hydrogen) atoms. The zero-order valence-electron chi connectivity index (χ0n) is 14.4. The van der Waals surface area contributed by atoms with Gasteiger partial charge in [-0.25, -0.2) is 0 Å². The molecule has 1 fully saturated rings. The highest BCUT2D eigenvalue weighted by atomic mass is 35.5. The van der Waals surface area contributed by atoms with Crippen LogP contribution in [0.3, 0.4) is 0 Å². The Kier molecular flexibility index (Phi) is 4.69. The second kappa shape index (κ2) is 6.82. The number of benzene rings is 1. The minimum atomic E-state index is -0.193. The van der Waals surface area contributed by atoms with Crippen LogP contribution in [0.4, 0.5) is 5.69 Å². The number of nitrogens with zero attached hydrogens (tertiary/aromatic N) is 4. The lowest BCUT2D eigenvalue weighted by atomic mass is 10.1. The molecular formula is C18H23ClN4OS. The van der Waals surface area contributed by atoms with Gasteiger partial charge in [-0.2, -0.15) is 11.8 Å². The summed E-state index contributed by atoms with van der Waals surface area (Å²) in [6, 6.07) is 6.25. The first-order chi connectivity index (χ1) is 12.1. The van der Waals surface area contributed by atoms with E-state index in [4.69, 9.17) is 11.6 Å². The largest absolute Gasteiger partial charge is 0.395 e. The highest BCUT2D eigenvalue weighted by molar-refractivity contribution is 8.00. The van der Waals surface area contributed by atoms with E-state index in [9.17, 15) is 5.11 Å². The highest BCUT2D eigenvalue weighted by Gasteiger charge is 2.31. The van der Waals surface area contributed by atoms with E-state index < -0.39 is 0 Å². The molecule has 1 atom stereocenters. The maximum Gasteiger partial charge on any atom is 0.165 e. The van der Waals surface area contributed by atoms with Crippen LogP contribution >= 0.6 is 23.4 Å². The van der Waals surface area contributed by atoms with Gasteiger partial charge in [0.1, 0.15) is 5.82 Å². The van der Waals surface area contributed by atoms with Gasteiger partial charge in [0, 0.05) is 47.8 Å². The summed E-state index contributed by atoms with van der Waals surface area (Å²) in [5, 5.41) is 19.2. The maximum atomic E-state index is 9.70. The average Bonchev–Trinajstić information content (AvgIpc) is 3.23. The molecule has 4 rings (SSSR count). The highest BCUT2D eigenvalue weighted by Crippen LogP contribution is 2.36. The molecule has 3 heterocycles. The lowest BCUT2D eigenvalue weighted by Gasteiger charge is -2.23. The summed E-state index contributed by atoms with van der Waals surface area (Å²) in [7, 11) is 0. The van der Waals surface area contributed by atoms with Crippen molar-refractivity contribution in [1.82, 2.24) is 14.8 Å². The summed E-state index contributed by atoms with van der Waals surface area (Å²) >= 11 is 8.41. The van der Waals surface area contributed by atoms with Gasteiger partial charge in [-0.1, -0.05) is 11.6 Å². The monoisotopic (exact) mass is 378 g/mol. The number of hydrogen-bond donors (Lipinski definition) is 1. The Hall–Kier alpha value is -1.24. The van der Waals surface area contributed by atoms with Crippen LogP contribution in [0.1, 0.15) is 25.6 Å². The van der Waals surface area contributed by atoms with Crippen molar-refractivity contribution >= 4 is 29.1 Å². The fraction of sp³-hybridized carbons (Fsp3) is 0.556. The molecule has 1 N–H and O–H groups in total. The lowest BCUT2D eigenvalue weighted by molar-refractivity contribution is 0.254. The molecule has 7 heteroatoms. The van der Waals surface area contributed by atoms with Gasteiger partial charge in [-0.3, -0.25) is 0 Å². The van der Waals surface area contributed by atoms with E-state index in [1.165, 1.54) is 18.5 Å². The van der Waals surface area contributed by atoms with E-state index in [-0.39, 0.29) is 11.4 Å². The number of aliphatic hydroxyl groups excluding tert-OH is 1. The molecule has 1 aromatic carbocycles. The summed E-state index contributed by atoms with van der Waals surface area (Å²) in [5.41, 5.74) is 2.12. The second-order valence-corrected chi connectivity index (χ2v) is 9.17.